The number of aryl methyl sites for hydroxylation is 1. The highest BCUT2D eigenvalue weighted by Gasteiger charge is 2.09. The van der Waals surface area contributed by atoms with Gasteiger partial charge in [-0.15, -0.1) is 0 Å². The Morgan fingerprint density at radius 3 is 1.96 bits per heavy atom. The van der Waals surface area contributed by atoms with Crippen LogP contribution < -0.4 is 24.3 Å². The van der Waals surface area contributed by atoms with Gasteiger partial charge in [0.25, 0.3) is 0 Å². The molecule has 2 rings (SSSR count). The van der Waals surface area contributed by atoms with E-state index in [4.69, 9.17) is 18.9 Å². The molecule has 0 radical (unpaired) electrons. The number of hydrogen-bond donors (Lipinski definition) is 1. The van der Waals surface area contributed by atoms with Crippen LogP contribution in [0.5, 0.6) is 23.0 Å². The van der Waals surface area contributed by atoms with Crippen LogP contribution in [-0.4, -0.2) is 34.3 Å². The van der Waals surface area contributed by atoms with E-state index in [0.29, 0.717) is 41.5 Å². The molecule has 0 bridgehead atoms. The minimum atomic E-state index is -0.0815. The van der Waals surface area contributed by atoms with Gasteiger partial charge in [0.1, 0.15) is 0 Å². The van der Waals surface area contributed by atoms with Crippen LogP contribution >= 0.6 is 0 Å². The van der Waals surface area contributed by atoms with Gasteiger partial charge >= 0.3 is 0 Å². The fourth-order valence-electron chi connectivity index (χ4n) is 2.43. The van der Waals surface area contributed by atoms with Crippen LogP contribution in [0.15, 0.2) is 36.4 Å². The summed E-state index contributed by atoms with van der Waals surface area (Å²) in [6, 6.07) is 10.9. The van der Waals surface area contributed by atoms with E-state index in [-0.39, 0.29) is 5.91 Å². The number of ether oxygens (including phenoxy) is 4. The summed E-state index contributed by atoms with van der Waals surface area (Å²) < 4.78 is 20.9. The zero-order chi connectivity index (χ0) is 18.2. The topological polar surface area (TPSA) is 66.0 Å². The molecule has 0 aromatic heterocycles. The van der Waals surface area contributed by atoms with Crippen molar-refractivity contribution in [2.45, 2.75) is 12.8 Å². The summed E-state index contributed by atoms with van der Waals surface area (Å²) in [6.07, 6.45) is 0.948. The molecule has 0 fully saturated rings. The Morgan fingerprint density at radius 2 is 1.36 bits per heavy atom. The van der Waals surface area contributed by atoms with Crippen molar-refractivity contribution in [2.75, 3.05) is 33.8 Å². The lowest BCUT2D eigenvalue weighted by molar-refractivity contribution is -0.116. The van der Waals surface area contributed by atoms with E-state index in [9.17, 15) is 4.79 Å². The first-order valence-corrected chi connectivity index (χ1v) is 7.84. The van der Waals surface area contributed by atoms with Gasteiger partial charge in [0.15, 0.2) is 23.0 Å². The fraction of sp³-hybridized carbons (Fsp3) is 0.316. The van der Waals surface area contributed by atoms with Gasteiger partial charge in [-0.3, -0.25) is 4.79 Å². The monoisotopic (exact) mass is 345 g/mol. The van der Waals surface area contributed by atoms with Crippen molar-refractivity contribution < 1.29 is 23.7 Å². The van der Waals surface area contributed by atoms with Gasteiger partial charge in [0.2, 0.25) is 5.91 Å². The highest BCUT2D eigenvalue weighted by molar-refractivity contribution is 5.91. The second-order valence-corrected chi connectivity index (χ2v) is 5.31. The Bertz CT molecular complexity index is 730. The third kappa shape index (κ3) is 4.79. The predicted molar refractivity (Wildman–Crippen MR) is 96.0 cm³/mol. The molecule has 6 nitrogen and oxygen atoms in total. The van der Waals surface area contributed by atoms with Crippen LogP contribution in [0.2, 0.25) is 0 Å². The number of rotatable bonds is 8. The number of hydrogen-bond acceptors (Lipinski definition) is 5. The van der Waals surface area contributed by atoms with Crippen molar-refractivity contribution in [1.82, 2.24) is 0 Å². The summed E-state index contributed by atoms with van der Waals surface area (Å²) in [4.78, 5) is 12.2. The van der Waals surface area contributed by atoms with Crippen LogP contribution in [-0.2, 0) is 11.2 Å². The van der Waals surface area contributed by atoms with Crippen LogP contribution in [0, 0.1) is 0 Å². The number of nitrogens with one attached hydrogen (secondary N) is 1. The van der Waals surface area contributed by atoms with Crippen LogP contribution in [0.25, 0.3) is 0 Å². The third-order valence-electron chi connectivity index (χ3n) is 3.76. The van der Waals surface area contributed by atoms with Crippen molar-refractivity contribution in [3.63, 3.8) is 0 Å². The molecule has 0 unspecified atom stereocenters. The SMILES string of the molecule is COc1ccc(CCC(=O)Nc2ccc(OC)c(OC)c2)cc1OC. The number of methoxy groups -OCH3 is 4. The van der Waals surface area contributed by atoms with Gasteiger partial charge in [-0.25, -0.2) is 0 Å². The third-order valence-corrected chi connectivity index (χ3v) is 3.76. The molecule has 0 atom stereocenters. The summed E-state index contributed by atoms with van der Waals surface area (Å²) in [5, 5.41) is 2.86. The number of anilines is 1. The molecule has 6 heteroatoms. The highest BCUT2D eigenvalue weighted by atomic mass is 16.5. The summed E-state index contributed by atoms with van der Waals surface area (Å²) in [7, 11) is 6.30. The fourth-order valence-corrected chi connectivity index (χ4v) is 2.43. The van der Waals surface area contributed by atoms with Crippen molar-refractivity contribution in [1.29, 1.82) is 0 Å². The van der Waals surface area contributed by atoms with Crippen molar-refractivity contribution >= 4 is 11.6 Å². The normalized spacial score (nSPS) is 10.1. The van der Waals surface area contributed by atoms with Crippen molar-refractivity contribution in [2.24, 2.45) is 0 Å². The van der Waals surface area contributed by atoms with E-state index in [2.05, 4.69) is 5.32 Å². The maximum absolute atomic E-state index is 12.2. The minimum absolute atomic E-state index is 0.0815. The molecule has 0 saturated heterocycles. The molecule has 25 heavy (non-hydrogen) atoms. The molecular weight excluding hydrogens is 322 g/mol. The van der Waals surface area contributed by atoms with Gasteiger partial charge in [-0.05, 0) is 36.2 Å². The molecular formula is C19H23NO5. The molecule has 134 valence electrons. The Balaban J connectivity index is 1.97. The first-order chi connectivity index (χ1) is 12.1. The molecule has 2 aromatic rings. The molecule has 1 amide bonds. The van der Waals surface area contributed by atoms with Crippen LogP contribution in [0.1, 0.15) is 12.0 Å². The number of amides is 1. The van der Waals surface area contributed by atoms with Gasteiger partial charge in [-0.2, -0.15) is 0 Å². The van der Waals surface area contributed by atoms with Crippen LogP contribution in [0.4, 0.5) is 5.69 Å². The zero-order valence-corrected chi connectivity index (χ0v) is 14.9. The van der Waals surface area contributed by atoms with Gasteiger partial charge in [0.05, 0.1) is 28.4 Å². The Labute approximate surface area is 147 Å². The van der Waals surface area contributed by atoms with Crippen LogP contribution in [0.3, 0.4) is 0 Å². The van der Waals surface area contributed by atoms with E-state index in [0.717, 1.165) is 5.56 Å². The molecule has 0 heterocycles. The average molecular weight is 345 g/mol. The summed E-state index contributed by atoms with van der Waals surface area (Å²) in [6.45, 7) is 0. The maximum atomic E-state index is 12.2. The lowest BCUT2D eigenvalue weighted by atomic mass is 10.1. The van der Waals surface area contributed by atoms with E-state index < -0.39 is 0 Å². The quantitative estimate of drug-likeness (QED) is 0.795. The summed E-state index contributed by atoms with van der Waals surface area (Å²) in [5.74, 6) is 2.43. The molecule has 0 aliphatic rings. The molecule has 0 aliphatic heterocycles. The highest BCUT2D eigenvalue weighted by Crippen LogP contribution is 2.30. The lowest BCUT2D eigenvalue weighted by Crippen LogP contribution is -2.12. The van der Waals surface area contributed by atoms with E-state index in [1.165, 1.54) is 0 Å². The van der Waals surface area contributed by atoms with Crippen molar-refractivity contribution in [3.05, 3.63) is 42.0 Å². The molecule has 0 aliphatic carbocycles. The average Bonchev–Trinajstić information content (AvgIpc) is 2.65. The second kappa shape index (κ2) is 8.82. The van der Waals surface area contributed by atoms with E-state index in [1.807, 2.05) is 18.2 Å². The standard InChI is InChI=1S/C19H23NO5/c1-22-15-8-5-13(11-17(15)24-3)6-10-19(21)20-14-7-9-16(23-2)18(12-14)25-4/h5,7-9,11-12H,6,10H2,1-4H3,(H,20,21). The Hall–Kier alpha value is -2.89. The summed E-state index contributed by atoms with van der Waals surface area (Å²) >= 11 is 0. The molecule has 1 N–H and O–H groups in total. The lowest BCUT2D eigenvalue weighted by Gasteiger charge is -2.11. The molecule has 0 spiro atoms. The number of carbonyl (C=O) groups is 1. The smallest absolute Gasteiger partial charge is 0.224 e. The molecule has 0 saturated carbocycles. The predicted octanol–water partition coefficient (Wildman–Crippen LogP) is 3.29. The Morgan fingerprint density at radius 1 is 0.800 bits per heavy atom. The molecule has 2 aromatic carbocycles. The second-order valence-electron chi connectivity index (χ2n) is 5.31. The minimum Gasteiger partial charge on any atom is -0.493 e. The first-order valence-electron chi connectivity index (χ1n) is 7.84. The zero-order valence-electron chi connectivity index (χ0n) is 14.9. The first kappa shape index (κ1) is 18.4. The van der Waals surface area contributed by atoms with E-state index >= 15 is 0 Å². The van der Waals surface area contributed by atoms with Gasteiger partial charge < -0.3 is 24.3 Å². The largest absolute Gasteiger partial charge is 0.493 e. The maximum Gasteiger partial charge on any atom is 0.224 e. The number of benzene rings is 2. The van der Waals surface area contributed by atoms with E-state index in [1.54, 1.807) is 46.6 Å². The Kier molecular flexibility index (Phi) is 6.51. The van der Waals surface area contributed by atoms with Gasteiger partial charge in [0, 0.05) is 18.2 Å². The van der Waals surface area contributed by atoms with Gasteiger partial charge in [-0.1, -0.05) is 6.07 Å². The number of carbonyl (C=O) groups excluding carboxylic acids is 1. The van der Waals surface area contributed by atoms with Crippen molar-refractivity contribution in [3.8, 4) is 23.0 Å². The summed E-state index contributed by atoms with van der Waals surface area (Å²) in [5.41, 5.74) is 1.66.